The Morgan fingerprint density at radius 1 is 1.58 bits per heavy atom. The van der Waals surface area contributed by atoms with Crippen molar-refractivity contribution in [3.8, 4) is 0 Å². The van der Waals surface area contributed by atoms with E-state index in [2.05, 4.69) is 11.3 Å². The monoisotopic (exact) mass is 170 g/mol. The minimum absolute atomic E-state index is 0.111. The van der Waals surface area contributed by atoms with Crippen LogP contribution < -0.4 is 0 Å². The Bertz CT molecular complexity index is 239. The largest absolute Gasteiger partial charge is 0.424 e. The summed E-state index contributed by atoms with van der Waals surface area (Å²) >= 11 is 0. The van der Waals surface area contributed by atoms with Crippen molar-refractivity contribution in [2.75, 3.05) is 0 Å². The molecule has 0 radical (unpaired) electrons. The number of hydrogen-bond donors (Lipinski definition) is 0. The van der Waals surface area contributed by atoms with Gasteiger partial charge >= 0.3 is 5.97 Å². The van der Waals surface area contributed by atoms with Gasteiger partial charge in [0.25, 0.3) is 0 Å². The fraction of sp³-hybridized carbons (Fsp3) is 0.222. The Morgan fingerprint density at radius 3 is 2.50 bits per heavy atom. The SMILES string of the molecule is C=C/C=C(OC(C)=O)\C(F)=C/C. The molecule has 0 spiro atoms. The molecule has 0 aliphatic rings. The second-order valence-electron chi connectivity index (χ2n) is 2.00. The number of halogens is 1. The Hall–Kier alpha value is -1.38. The first-order valence-corrected chi connectivity index (χ1v) is 3.45. The van der Waals surface area contributed by atoms with Gasteiger partial charge in [0, 0.05) is 6.92 Å². The van der Waals surface area contributed by atoms with Gasteiger partial charge in [-0.05, 0) is 19.1 Å². The van der Waals surface area contributed by atoms with Crippen molar-refractivity contribution in [1.82, 2.24) is 0 Å². The molecular weight excluding hydrogens is 159 g/mol. The molecule has 0 amide bonds. The highest BCUT2D eigenvalue weighted by Gasteiger charge is 2.05. The van der Waals surface area contributed by atoms with Crippen molar-refractivity contribution in [2.45, 2.75) is 13.8 Å². The molecule has 0 atom stereocenters. The summed E-state index contributed by atoms with van der Waals surface area (Å²) in [4.78, 5) is 10.5. The van der Waals surface area contributed by atoms with E-state index in [9.17, 15) is 9.18 Å². The van der Waals surface area contributed by atoms with E-state index in [0.29, 0.717) is 0 Å². The van der Waals surface area contributed by atoms with Crippen LogP contribution in [0.25, 0.3) is 0 Å². The van der Waals surface area contributed by atoms with Crippen LogP contribution in [0.1, 0.15) is 13.8 Å². The fourth-order valence-electron chi connectivity index (χ4n) is 0.567. The van der Waals surface area contributed by atoms with Crippen molar-refractivity contribution in [3.63, 3.8) is 0 Å². The summed E-state index contributed by atoms with van der Waals surface area (Å²) < 4.78 is 17.4. The molecular formula is C9H11FO2. The van der Waals surface area contributed by atoms with Gasteiger partial charge in [0.05, 0.1) is 0 Å². The highest BCUT2D eigenvalue weighted by atomic mass is 19.1. The van der Waals surface area contributed by atoms with Crippen molar-refractivity contribution in [3.05, 3.63) is 36.4 Å². The average molecular weight is 170 g/mol. The first-order chi connectivity index (χ1) is 5.61. The average Bonchev–Trinajstić information content (AvgIpc) is 2.01. The van der Waals surface area contributed by atoms with Gasteiger partial charge < -0.3 is 4.74 Å². The number of hydrogen-bond acceptors (Lipinski definition) is 2. The van der Waals surface area contributed by atoms with Gasteiger partial charge in [0.2, 0.25) is 0 Å². The number of esters is 1. The Morgan fingerprint density at radius 2 is 2.17 bits per heavy atom. The quantitative estimate of drug-likeness (QED) is 0.369. The van der Waals surface area contributed by atoms with Crippen LogP contribution in [0.5, 0.6) is 0 Å². The van der Waals surface area contributed by atoms with Crippen LogP contribution in [0.15, 0.2) is 36.4 Å². The molecule has 66 valence electrons. The Kier molecular flexibility index (Phi) is 4.69. The Balaban J connectivity index is 4.56. The molecule has 0 N–H and O–H groups in total. The third-order valence-corrected chi connectivity index (χ3v) is 1.01. The van der Waals surface area contributed by atoms with Crippen LogP contribution in [0.2, 0.25) is 0 Å². The molecule has 3 heteroatoms. The highest BCUT2D eigenvalue weighted by molar-refractivity contribution is 5.68. The zero-order chi connectivity index (χ0) is 9.56. The summed E-state index contributed by atoms with van der Waals surface area (Å²) in [7, 11) is 0. The summed E-state index contributed by atoms with van der Waals surface area (Å²) in [6.45, 7) is 6.08. The molecule has 0 fully saturated rings. The van der Waals surface area contributed by atoms with Crippen molar-refractivity contribution in [1.29, 1.82) is 0 Å². The van der Waals surface area contributed by atoms with E-state index in [0.717, 1.165) is 0 Å². The molecule has 0 heterocycles. The van der Waals surface area contributed by atoms with Crippen molar-refractivity contribution < 1.29 is 13.9 Å². The maximum atomic E-state index is 12.8. The normalized spacial score (nSPS) is 12.6. The van der Waals surface area contributed by atoms with Crippen LogP contribution in [0.4, 0.5) is 4.39 Å². The van der Waals surface area contributed by atoms with E-state index in [4.69, 9.17) is 0 Å². The van der Waals surface area contributed by atoms with Gasteiger partial charge in [-0.3, -0.25) is 4.79 Å². The lowest BCUT2D eigenvalue weighted by atomic mass is 10.3. The Labute approximate surface area is 71.0 Å². The fourth-order valence-corrected chi connectivity index (χ4v) is 0.567. The van der Waals surface area contributed by atoms with Crippen LogP contribution >= 0.6 is 0 Å². The van der Waals surface area contributed by atoms with Gasteiger partial charge in [0.15, 0.2) is 11.6 Å². The molecule has 0 saturated carbocycles. The van der Waals surface area contributed by atoms with E-state index >= 15 is 0 Å². The van der Waals surface area contributed by atoms with Crippen molar-refractivity contribution >= 4 is 5.97 Å². The molecule has 0 aliphatic heterocycles. The highest BCUT2D eigenvalue weighted by Crippen LogP contribution is 2.12. The molecule has 2 nitrogen and oxygen atoms in total. The van der Waals surface area contributed by atoms with E-state index in [1.165, 1.54) is 32.1 Å². The minimum atomic E-state index is -0.579. The van der Waals surface area contributed by atoms with Gasteiger partial charge in [0.1, 0.15) is 0 Å². The first kappa shape index (κ1) is 10.6. The smallest absolute Gasteiger partial charge is 0.308 e. The predicted octanol–water partition coefficient (Wildman–Crippen LogP) is 2.49. The topological polar surface area (TPSA) is 26.3 Å². The minimum Gasteiger partial charge on any atom is -0.424 e. The van der Waals surface area contributed by atoms with Crippen molar-refractivity contribution in [2.24, 2.45) is 0 Å². The second kappa shape index (κ2) is 5.29. The van der Waals surface area contributed by atoms with Crippen LogP contribution in [-0.2, 0) is 9.53 Å². The number of carbonyl (C=O) groups excluding carboxylic acids is 1. The van der Waals surface area contributed by atoms with E-state index in [-0.39, 0.29) is 5.76 Å². The molecule has 0 aliphatic carbocycles. The van der Waals surface area contributed by atoms with Gasteiger partial charge in [-0.15, -0.1) is 0 Å². The maximum absolute atomic E-state index is 12.8. The molecule has 0 saturated heterocycles. The first-order valence-electron chi connectivity index (χ1n) is 3.45. The number of carbonyl (C=O) groups is 1. The third kappa shape index (κ3) is 3.71. The number of ether oxygens (including phenoxy) is 1. The lowest BCUT2D eigenvalue weighted by molar-refractivity contribution is -0.136. The predicted molar refractivity (Wildman–Crippen MR) is 44.9 cm³/mol. The zero-order valence-electron chi connectivity index (χ0n) is 7.13. The summed E-state index contributed by atoms with van der Waals surface area (Å²) in [5, 5.41) is 0. The van der Waals surface area contributed by atoms with Crippen LogP contribution in [0.3, 0.4) is 0 Å². The number of rotatable bonds is 3. The zero-order valence-corrected chi connectivity index (χ0v) is 7.13. The molecule has 0 aromatic carbocycles. The van der Waals surface area contributed by atoms with E-state index in [1.807, 2.05) is 0 Å². The molecule has 0 rings (SSSR count). The maximum Gasteiger partial charge on any atom is 0.308 e. The van der Waals surface area contributed by atoms with E-state index in [1.54, 1.807) is 0 Å². The van der Waals surface area contributed by atoms with Crippen LogP contribution in [-0.4, -0.2) is 5.97 Å². The third-order valence-electron chi connectivity index (χ3n) is 1.01. The molecule has 12 heavy (non-hydrogen) atoms. The number of allylic oxidation sites excluding steroid dienone is 4. The van der Waals surface area contributed by atoms with Gasteiger partial charge in [-0.25, -0.2) is 4.39 Å². The van der Waals surface area contributed by atoms with Crippen LogP contribution in [0, 0.1) is 0 Å². The lowest BCUT2D eigenvalue weighted by Crippen LogP contribution is -1.99. The van der Waals surface area contributed by atoms with E-state index < -0.39 is 11.8 Å². The van der Waals surface area contributed by atoms with Gasteiger partial charge in [-0.1, -0.05) is 12.7 Å². The molecule has 0 bridgehead atoms. The molecule has 0 aromatic rings. The molecule has 0 aromatic heterocycles. The molecule has 0 unspecified atom stereocenters. The second-order valence-corrected chi connectivity index (χ2v) is 2.00. The summed E-state index contributed by atoms with van der Waals surface area (Å²) in [6, 6.07) is 0. The summed E-state index contributed by atoms with van der Waals surface area (Å²) in [5.41, 5.74) is 0. The van der Waals surface area contributed by atoms with Gasteiger partial charge in [-0.2, -0.15) is 0 Å². The lowest BCUT2D eigenvalue weighted by Gasteiger charge is -2.02. The summed E-state index contributed by atoms with van der Waals surface area (Å²) in [5.74, 6) is -1.25. The standard InChI is InChI=1S/C9H11FO2/c1-4-6-9(8(10)5-2)12-7(3)11/h4-6H,1H2,2-3H3/b8-5+,9-6+. The summed E-state index contributed by atoms with van der Waals surface area (Å²) in [6.07, 6.45) is 3.84.